The Hall–Kier alpha value is -1.06. The molecule has 20 heavy (non-hydrogen) atoms. The van der Waals surface area contributed by atoms with E-state index < -0.39 is 0 Å². The van der Waals surface area contributed by atoms with Crippen LogP contribution in [0.2, 0.25) is 0 Å². The Labute approximate surface area is 123 Å². The molecule has 0 N–H and O–H groups in total. The fraction of sp³-hybridized carbons (Fsp3) is 0.647. The van der Waals surface area contributed by atoms with Gasteiger partial charge in [0.2, 0.25) is 0 Å². The van der Waals surface area contributed by atoms with Crippen LogP contribution in [0.3, 0.4) is 0 Å². The lowest BCUT2D eigenvalue weighted by atomic mass is 10.1. The molecule has 0 spiro atoms. The van der Waals surface area contributed by atoms with Crippen molar-refractivity contribution in [2.45, 2.75) is 20.3 Å². The monoisotopic (exact) mass is 277 g/mol. The number of ether oxygens (including phenoxy) is 1. The van der Waals surface area contributed by atoms with Gasteiger partial charge in [0.15, 0.2) is 0 Å². The Morgan fingerprint density at radius 1 is 1.10 bits per heavy atom. The molecule has 0 aliphatic carbocycles. The number of hydrogen-bond acceptors (Lipinski definition) is 2. The molecule has 0 radical (unpaired) electrons. The second-order valence-electron chi connectivity index (χ2n) is 5.86. The molecule has 0 atom stereocenters. The number of quaternary nitrogens is 1. The number of allylic oxidation sites excluding steroid dienone is 5. The number of nitrogens with zero attached hydrogens (tertiary/aromatic N) is 2. The summed E-state index contributed by atoms with van der Waals surface area (Å²) in [6, 6.07) is 0. The highest BCUT2D eigenvalue weighted by Crippen LogP contribution is 2.19. The smallest absolute Gasteiger partial charge is 0.115 e. The van der Waals surface area contributed by atoms with Crippen molar-refractivity contribution < 1.29 is 9.22 Å². The van der Waals surface area contributed by atoms with Gasteiger partial charge in [-0.25, -0.2) is 0 Å². The summed E-state index contributed by atoms with van der Waals surface area (Å²) in [5.41, 5.74) is 0. The number of rotatable bonds is 7. The van der Waals surface area contributed by atoms with Crippen molar-refractivity contribution in [2.24, 2.45) is 0 Å². The van der Waals surface area contributed by atoms with E-state index in [2.05, 4.69) is 4.90 Å². The molecular weight excluding hydrogens is 248 g/mol. The average Bonchev–Trinajstić information content (AvgIpc) is 2.51. The van der Waals surface area contributed by atoms with Crippen molar-refractivity contribution in [2.75, 3.05) is 52.4 Å². The minimum atomic E-state index is 0.837. The van der Waals surface area contributed by atoms with Crippen LogP contribution in [-0.4, -0.2) is 61.8 Å². The Bertz CT molecular complexity index is 363. The third kappa shape index (κ3) is 4.22. The lowest BCUT2D eigenvalue weighted by Gasteiger charge is -2.50. The van der Waals surface area contributed by atoms with Gasteiger partial charge in [0.05, 0.1) is 32.8 Å². The van der Waals surface area contributed by atoms with E-state index >= 15 is 0 Å². The molecule has 3 heteroatoms. The predicted molar refractivity (Wildman–Crippen MR) is 84.4 cm³/mol. The largest absolute Gasteiger partial charge is 0.494 e. The van der Waals surface area contributed by atoms with Crippen molar-refractivity contribution in [3.63, 3.8) is 0 Å². The quantitative estimate of drug-likeness (QED) is 0.307. The van der Waals surface area contributed by atoms with Gasteiger partial charge >= 0.3 is 0 Å². The lowest BCUT2D eigenvalue weighted by Crippen LogP contribution is -2.67. The fourth-order valence-electron chi connectivity index (χ4n) is 3.15. The first kappa shape index (κ1) is 15.3. The van der Waals surface area contributed by atoms with Crippen LogP contribution in [0.15, 0.2) is 36.1 Å². The van der Waals surface area contributed by atoms with Gasteiger partial charge in [0.1, 0.15) is 5.76 Å². The van der Waals surface area contributed by atoms with Crippen LogP contribution in [-0.2, 0) is 4.74 Å². The predicted octanol–water partition coefficient (Wildman–Crippen LogP) is 2.58. The number of fused-ring (bicyclic) bond motifs is 3. The Morgan fingerprint density at radius 2 is 1.80 bits per heavy atom. The molecule has 3 aliphatic rings. The molecule has 0 amide bonds. The first-order valence-corrected chi connectivity index (χ1v) is 7.94. The Morgan fingerprint density at radius 3 is 2.40 bits per heavy atom. The van der Waals surface area contributed by atoms with Crippen molar-refractivity contribution in [1.29, 1.82) is 0 Å². The van der Waals surface area contributed by atoms with Crippen LogP contribution in [0.25, 0.3) is 0 Å². The average molecular weight is 277 g/mol. The normalized spacial score (nSPS) is 30.5. The van der Waals surface area contributed by atoms with Crippen LogP contribution in [0.5, 0.6) is 0 Å². The second kappa shape index (κ2) is 7.65. The minimum Gasteiger partial charge on any atom is -0.494 e. The third-order valence-corrected chi connectivity index (χ3v) is 4.57. The summed E-state index contributed by atoms with van der Waals surface area (Å²) in [4.78, 5) is 2.60. The molecule has 0 aromatic carbocycles. The molecule has 3 rings (SSSR count). The molecule has 3 heterocycles. The molecule has 3 fully saturated rings. The van der Waals surface area contributed by atoms with Crippen molar-refractivity contribution >= 4 is 0 Å². The van der Waals surface area contributed by atoms with E-state index in [-0.39, 0.29) is 0 Å². The van der Waals surface area contributed by atoms with Crippen LogP contribution in [0.1, 0.15) is 20.3 Å². The van der Waals surface area contributed by atoms with Gasteiger partial charge in [0, 0.05) is 26.1 Å². The van der Waals surface area contributed by atoms with Gasteiger partial charge in [-0.2, -0.15) is 0 Å². The summed E-state index contributed by atoms with van der Waals surface area (Å²) in [6.07, 6.45) is 11.3. The molecule has 112 valence electrons. The maximum Gasteiger partial charge on any atom is 0.115 e. The highest BCUT2D eigenvalue weighted by Gasteiger charge is 2.37. The maximum absolute atomic E-state index is 5.85. The van der Waals surface area contributed by atoms with E-state index in [0.717, 1.165) is 18.8 Å². The molecule has 2 bridgehead atoms. The molecule has 0 saturated carbocycles. The summed E-state index contributed by atoms with van der Waals surface area (Å²) in [6.45, 7) is 14.1. The van der Waals surface area contributed by atoms with E-state index in [1.54, 1.807) is 0 Å². The van der Waals surface area contributed by atoms with E-state index in [4.69, 9.17) is 4.74 Å². The van der Waals surface area contributed by atoms with Crippen molar-refractivity contribution in [1.82, 2.24) is 4.90 Å². The number of piperazine rings is 3. The molecule has 0 aromatic rings. The third-order valence-electron chi connectivity index (χ3n) is 4.57. The Balaban J connectivity index is 1.68. The minimum absolute atomic E-state index is 0.837. The standard InChI is InChI=1S/C17H29N2O/c1-3-5-6-8-17(4-2)20-16-7-12-19-13-9-18(10-14-19)11-15-19/h3-6,8H,7,9-16H2,1-2H3/q+1/b5-3-,8-6-,17-4+. The van der Waals surface area contributed by atoms with Gasteiger partial charge in [0.25, 0.3) is 0 Å². The molecule has 0 aromatic heterocycles. The molecular formula is C17H29N2O+. The molecule has 3 saturated heterocycles. The first-order chi connectivity index (χ1) is 9.78. The highest BCUT2D eigenvalue weighted by atomic mass is 16.5. The second-order valence-corrected chi connectivity index (χ2v) is 5.86. The van der Waals surface area contributed by atoms with E-state index in [1.165, 1.54) is 50.3 Å². The SMILES string of the molecule is C\C=C/C=C\C(=C/C)OCCC[N+]12CCN(CC1)CC2. The maximum atomic E-state index is 5.85. The summed E-state index contributed by atoms with van der Waals surface area (Å²) in [5, 5.41) is 0. The first-order valence-electron chi connectivity index (χ1n) is 7.94. The summed E-state index contributed by atoms with van der Waals surface area (Å²) in [5.74, 6) is 0.978. The van der Waals surface area contributed by atoms with Crippen molar-refractivity contribution in [3.05, 3.63) is 36.1 Å². The highest BCUT2D eigenvalue weighted by molar-refractivity contribution is 5.16. The zero-order valence-corrected chi connectivity index (χ0v) is 13.1. The molecule has 3 nitrogen and oxygen atoms in total. The van der Waals surface area contributed by atoms with E-state index in [0.29, 0.717) is 0 Å². The van der Waals surface area contributed by atoms with E-state index in [9.17, 15) is 0 Å². The van der Waals surface area contributed by atoms with Crippen LogP contribution in [0.4, 0.5) is 0 Å². The van der Waals surface area contributed by atoms with Crippen LogP contribution >= 0.6 is 0 Å². The van der Waals surface area contributed by atoms with Crippen LogP contribution in [0, 0.1) is 0 Å². The van der Waals surface area contributed by atoms with Gasteiger partial charge in [-0.05, 0) is 26.0 Å². The fourth-order valence-corrected chi connectivity index (χ4v) is 3.15. The summed E-state index contributed by atoms with van der Waals surface area (Å²) >= 11 is 0. The molecule has 0 unspecified atom stereocenters. The summed E-state index contributed by atoms with van der Waals surface area (Å²) < 4.78 is 7.18. The van der Waals surface area contributed by atoms with Gasteiger partial charge in [-0.1, -0.05) is 18.2 Å². The van der Waals surface area contributed by atoms with Crippen LogP contribution < -0.4 is 0 Å². The van der Waals surface area contributed by atoms with Gasteiger partial charge in [-0.15, -0.1) is 0 Å². The van der Waals surface area contributed by atoms with Crippen molar-refractivity contribution in [3.8, 4) is 0 Å². The topological polar surface area (TPSA) is 12.5 Å². The van der Waals surface area contributed by atoms with Gasteiger partial charge < -0.3 is 9.22 Å². The lowest BCUT2D eigenvalue weighted by molar-refractivity contribution is -0.941. The summed E-state index contributed by atoms with van der Waals surface area (Å²) in [7, 11) is 0. The molecule has 3 aliphatic heterocycles. The Kier molecular flexibility index (Phi) is 5.86. The zero-order valence-electron chi connectivity index (χ0n) is 13.1. The van der Waals surface area contributed by atoms with E-state index in [1.807, 2.05) is 44.2 Å². The van der Waals surface area contributed by atoms with Gasteiger partial charge in [-0.3, -0.25) is 4.90 Å². The zero-order chi connectivity index (χ0) is 14.3. The number of hydrogen-bond donors (Lipinski definition) is 0.